The van der Waals surface area contributed by atoms with Gasteiger partial charge >= 0.3 is 6.18 Å². The summed E-state index contributed by atoms with van der Waals surface area (Å²) in [6.07, 6.45) is -4.79. The van der Waals surface area contributed by atoms with Crippen LogP contribution in [0.5, 0.6) is 0 Å². The van der Waals surface area contributed by atoms with Gasteiger partial charge in [0.2, 0.25) is 5.91 Å². The maximum absolute atomic E-state index is 14.9. The van der Waals surface area contributed by atoms with Crippen LogP contribution in [0.25, 0.3) is 0 Å². The Balaban J connectivity index is 1.64. The van der Waals surface area contributed by atoms with E-state index in [-0.39, 0.29) is 36.8 Å². The van der Waals surface area contributed by atoms with E-state index in [2.05, 4.69) is 5.32 Å². The molecule has 2 amide bonds. The molecule has 2 N–H and O–H groups in total. The van der Waals surface area contributed by atoms with Crippen LogP contribution in [0, 0.1) is 23.5 Å². The molecule has 4 atom stereocenters. The first-order valence-corrected chi connectivity index (χ1v) is 12.7. The smallest absolute Gasteiger partial charge is 0.386 e. The zero-order valence-corrected chi connectivity index (χ0v) is 22.0. The predicted octanol–water partition coefficient (Wildman–Crippen LogP) is 4.95. The zero-order valence-electron chi connectivity index (χ0n) is 22.0. The first-order chi connectivity index (χ1) is 18.1. The second-order valence-electron chi connectivity index (χ2n) is 11.0. The SMILES string of the molecule is C[C@@H]1C[C@H](C(=O)NC(c2cc(F)c(C(F)(F)F)cc2F)C2COC2)N(C(=O)c2cccc(C(C)(C)O)c2)[C@@H]1C. The quantitative estimate of drug-likeness (QED) is 0.496. The van der Waals surface area contributed by atoms with Gasteiger partial charge in [-0.2, -0.15) is 13.2 Å². The summed E-state index contributed by atoms with van der Waals surface area (Å²) in [4.78, 5) is 28.6. The largest absolute Gasteiger partial charge is 0.419 e. The third-order valence-corrected chi connectivity index (χ3v) is 7.71. The van der Waals surface area contributed by atoms with Crippen LogP contribution in [-0.2, 0) is 21.3 Å². The van der Waals surface area contributed by atoms with Gasteiger partial charge in [-0.05, 0) is 62.9 Å². The number of carbonyl (C=O) groups excluding carboxylic acids is 2. The highest BCUT2D eigenvalue weighted by atomic mass is 19.4. The van der Waals surface area contributed by atoms with E-state index < -0.39 is 64.4 Å². The monoisotopic (exact) mass is 554 g/mol. The molecule has 2 aliphatic rings. The molecule has 6 nitrogen and oxygen atoms in total. The van der Waals surface area contributed by atoms with Crippen molar-refractivity contribution in [2.45, 2.75) is 64.0 Å². The summed E-state index contributed by atoms with van der Waals surface area (Å²) in [7, 11) is 0. The van der Waals surface area contributed by atoms with E-state index in [0.717, 1.165) is 0 Å². The minimum Gasteiger partial charge on any atom is -0.386 e. The lowest BCUT2D eigenvalue weighted by Gasteiger charge is -2.36. The van der Waals surface area contributed by atoms with E-state index in [4.69, 9.17) is 4.74 Å². The summed E-state index contributed by atoms with van der Waals surface area (Å²) in [5.41, 5.74) is -2.57. The average Bonchev–Trinajstić information content (AvgIpc) is 3.11. The van der Waals surface area contributed by atoms with Crippen molar-refractivity contribution < 1.29 is 41.4 Å². The minimum atomic E-state index is -5.08. The summed E-state index contributed by atoms with van der Waals surface area (Å²) in [6, 6.07) is 4.54. The molecule has 2 aromatic carbocycles. The van der Waals surface area contributed by atoms with Crippen LogP contribution in [0.1, 0.15) is 67.2 Å². The summed E-state index contributed by atoms with van der Waals surface area (Å²) in [5.74, 6) is -4.59. The lowest BCUT2D eigenvalue weighted by molar-refractivity contribution is -0.140. The Morgan fingerprint density at radius 1 is 1.08 bits per heavy atom. The van der Waals surface area contributed by atoms with Crippen molar-refractivity contribution in [3.63, 3.8) is 0 Å². The topological polar surface area (TPSA) is 78.9 Å². The molecule has 212 valence electrons. The number of benzene rings is 2. The van der Waals surface area contributed by atoms with Crippen LogP contribution in [-0.4, -0.2) is 47.1 Å². The highest BCUT2D eigenvalue weighted by Crippen LogP contribution is 2.38. The van der Waals surface area contributed by atoms with E-state index >= 15 is 0 Å². The molecule has 11 heteroatoms. The van der Waals surface area contributed by atoms with Crippen molar-refractivity contribution in [1.29, 1.82) is 0 Å². The molecule has 4 rings (SSSR count). The van der Waals surface area contributed by atoms with Crippen molar-refractivity contribution in [3.8, 4) is 0 Å². The third-order valence-electron chi connectivity index (χ3n) is 7.71. The first-order valence-electron chi connectivity index (χ1n) is 12.7. The summed E-state index contributed by atoms with van der Waals surface area (Å²) >= 11 is 0. The third kappa shape index (κ3) is 5.79. The molecule has 0 saturated carbocycles. The normalized spacial score (nSPS) is 22.9. The van der Waals surface area contributed by atoms with Gasteiger partial charge in [0.25, 0.3) is 5.91 Å². The number of likely N-dealkylation sites (tertiary alicyclic amines) is 1. The Kier molecular flexibility index (Phi) is 7.79. The van der Waals surface area contributed by atoms with Gasteiger partial charge in [0.1, 0.15) is 17.7 Å². The number of rotatable bonds is 6. The standard InChI is InChI=1S/C28H31F5N2O4/c1-14-8-23(35(15(14)2)26(37)16-6-5-7-18(9-16)27(3,4)38)25(36)34-24(17-12-39-13-17)19-10-22(30)20(11-21(19)29)28(31,32)33/h5-7,9-11,14-15,17,23-24,38H,8,12-13H2,1-4H3,(H,34,36)/t14-,15-,23-,24?/m1/s1. The maximum Gasteiger partial charge on any atom is 0.419 e. The van der Waals surface area contributed by atoms with Gasteiger partial charge in [-0.25, -0.2) is 8.78 Å². The number of hydrogen-bond donors (Lipinski definition) is 2. The number of hydrogen-bond acceptors (Lipinski definition) is 4. The molecule has 0 radical (unpaired) electrons. The van der Waals surface area contributed by atoms with Crippen molar-refractivity contribution in [3.05, 3.63) is 70.3 Å². The summed E-state index contributed by atoms with van der Waals surface area (Å²) in [5, 5.41) is 13.0. The minimum absolute atomic E-state index is 0.0760. The Labute approximate surface area is 223 Å². The van der Waals surface area contributed by atoms with E-state index in [1.54, 1.807) is 45.0 Å². The molecule has 2 aromatic rings. The molecule has 1 unspecified atom stereocenters. The van der Waals surface area contributed by atoms with Gasteiger partial charge in [0.05, 0.1) is 30.4 Å². The van der Waals surface area contributed by atoms with Crippen LogP contribution in [0.3, 0.4) is 0 Å². The fraction of sp³-hybridized carbons (Fsp3) is 0.500. The lowest BCUT2D eigenvalue weighted by atomic mass is 9.89. The van der Waals surface area contributed by atoms with E-state index in [1.165, 1.54) is 4.90 Å². The molecule has 2 aliphatic heterocycles. The Morgan fingerprint density at radius 3 is 2.31 bits per heavy atom. The summed E-state index contributed by atoms with van der Waals surface area (Å²) in [6.45, 7) is 7.04. The maximum atomic E-state index is 14.9. The van der Waals surface area contributed by atoms with Crippen LogP contribution >= 0.6 is 0 Å². The molecular formula is C28H31F5N2O4. The van der Waals surface area contributed by atoms with Gasteiger partial charge in [0.15, 0.2) is 0 Å². The van der Waals surface area contributed by atoms with Crippen molar-refractivity contribution >= 4 is 11.8 Å². The predicted molar refractivity (Wildman–Crippen MR) is 131 cm³/mol. The summed E-state index contributed by atoms with van der Waals surface area (Å²) < 4.78 is 73.7. The molecule has 39 heavy (non-hydrogen) atoms. The lowest BCUT2D eigenvalue weighted by Crippen LogP contribution is -2.51. The zero-order chi connectivity index (χ0) is 28.9. The Bertz CT molecular complexity index is 1260. The van der Waals surface area contributed by atoms with Crippen molar-refractivity contribution in [2.75, 3.05) is 13.2 Å². The molecule has 2 saturated heterocycles. The first kappa shape index (κ1) is 28.9. The van der Waals surface area contributed by atoms with Crippen LogP contribution in [0.15, 0.2) is 36.4 Å². The van der Waals surface area contributed by atoms with E-state index in [1.807, 2.05) is 6.92 Å². The van der Waals surface area contributed by atoms with Crippen molar-refractivity contribution in [1.82, 2.24) is 10.2 Å². The van der Waals surface area contributed by atoms with E-state index in [9.17, 15) is 36.6 Å². The van der Waals surface area contributed by atoms with E-state index in [0.29, 0.717) is 18.1 Å². The fourth-order valence-corrected chi connectivity index (χ4v) is 5.13. The van der Waals surface area contributed by atoms with Gasteiger partial charge < -0.3 is 20.1 Å². The number of ether oxygens (including phenoxy) is 1. The second-order valence-corrected chi connectivity index (χ2v) is 11.0. The molecule has 0 aliphatic carbocycles. The number of carbonyl (C=O) groups is 2. The molecule has 2 fully saturated rings. The molecule has 0 bridgehead atoms. The van der Waals surface area contributed by atoms with Crippen LogP contribution in [0.4, 0.5) is 22.0 Å². The number of halogens is 5. The fourth-order valence-electron chi connectivity index (χ4n) is 5.13. The Morgan fingerprint density at radius 2 is 1.74 bits per heavy atom. The number of nitrogens with zero attached hydrogens (tertiary/aromatic N) is 1. The van der Waals surface area contributed by atoms with Crippen molar-refractivity contribution in [2.24, 2.45) is 11.8 Å². The average molecular weight is 555 g/mol. The molecule has 0 aromatic heterocycles. The Hall–Kier alpha value is -3.05. The molecule has 2 heterocycles. The molecular weight excluding hydrogens is 523 g/mol. The highest BCUT2D eigenvalue weighted by molar-refractivity contribution is 5.98. The number of nitrogens with one attached hydrogen (secondary N) is 1. The number of aliphatic hydroxyl groups is 1. The van der Waals surface area contributed by atoms with Gasteiger partial charge in [-0.15, -0.1) is 0 Å². The number of alkyl halides is 3. The van der Waals surface area contributed by atoms with Crippen LogP contribution < -0.4 is 5.32 Å². The van der Waals surface area contributed by atoms with Crippen LogP contribution in [0.2, 0.25) is 0 Å². The molecule has 0 spiro atoms. The highest BCUT2D eigenvalue weighted by Gasteiger charge is 2.45. The van der Waals surface area contributed by atoms with Gasteiger partial charge in [-0.1, -0.05) is 19.1 Å². The van der Waals surface area contributed by atoms with Gasteiger partial charge in [-0.3, -0.25) is 9.59 Å². The number of amides is 2. The second kappa shape index (κ2) is 10.5. The van der Waals surface area contributed by atoms with Gasteiger partial charge in [0, 0.05) is 23.1 Å².